The Labute approximate surface area is 188 Å². The van der Waals surface area contributed by atoms with Crippen LogP contribution in [0.5, 0.6) is 0 Å². The fourth-order valence-corrected chi connectivity index (χ4v) is 3.32. The first-order chi connectivity index (χ1) is 14.9. The normalized spacial score (nSPS) is 10.3. The number of nitro benzene ring substituents is 2. The zero-order chi connectivity index (χ0) is 24.4. The molecule has 0 saturated heterocycles. The third-order valence-electron chi connectivity index (χ3n) is 3.77. The number of nitrogens with two attached hydrogens (primary N) is 1. The summed E-state index contributed by atoms with van der Waals surface area (Å²) in [7, 11) is 0. The van der Waals surface area contributed by atoms with Crippen LogP contribution in [0.2, 0.25) is 0 Å². The predicted molar refractivity (Wildman–Crippen MR) is 116 cm³/mol. The summed E-state index contributed by atoms with van der Waals surface area (Å²) < 4.78 is 2.27. The van der Waals surface area contributed by atoms with Gasteiger partial charge in [-0.05, 0) is 51.8 Å². The molecule has 0 radical (unpaired) electrons. The summed E-state index contributed by atoms with van der Waals surface area (Å²) in [6, 6.07) is 9.73. The number of aromatic carboxylic acids is 1. The number of nitrogens with zero attached hydrogens (tertiary/aromatic N) is 2. The van der Waals surface area contributed by atoms with E-state index in [4.69, 9.17) is 0 Å². The zero-order valence-corrected chi connectivity index (χ0v) is 18.8. The number of nitro groups is 2. The van der Waals surface area contributed by atoms with E-state index in [9.17, 15) is 34.9 Å². The molecule has 2 aromatic rings. The van der Waals surface area contributed by atoms with Crippen LogP contribution in [0.1, 0.15) is 48.4 Å². The number of quaternary nitrogens is 1. The van der Waals surface area contributed by atoms with Crippen LogP contribution in [0.4, 0.5) is 11.4 Å². The highest BCUT2D eigenvalue weighted by Crippen LogP contribution is 2.31. The van der Waals surface area contributed by atoms with Gasteiger partial charge in [-0.2, -0.15) is 0 Å². The number of hydrogen-bond donors (Lipinski definition) is 2. The molecule has 2 rings (SSSR count). The Morgan fingerprint density at radius 1 is 0.938 bits per heavy atom. The van der Waals surface area contributed by atoms with E-state index in [0.29, 0.717) is 11.9 Å². The molecule has 3 N–H and O–H groups in total. The van der Waals surface area contributed by atoms with Crippen molar-refractivity contribution in [2.45, 2.75) is 44.7 Å². The van der Waals surface area contributed by atoms with Crippen molar-refractivity contribution in [2.75, 3.05) is 0 Å². The lowest BCUT2D eigenvalue weighted by Gasteiger charge is -2.10. The van der Waals surface area contributed by atoms with Gasteiger partial charge in [-0.1, -0.05) is 18.2 Å². The molecule has 0 atom stereocenters. The van der Waals surface area contributed by atoms with Gasteiger partial charge in [0.15, 0.2) is 0 Å². The van der Waals surface area contributed by atoms with E-state index in [1.807, 2.05) is 0 Å². The summed E-state index contributed by atoms with van der Waals surface area (Å²) in [5.41, 5.74) is -1.55. The van der Waals surface area contributed by atoms with E-state index < -0.39 is 33.1 Å². The molecule has 0 aliphatic rings. The van der Waals surface area contributed by atoms with Crippen molar-refractivity contribution in [3.8, 4) is 0 Å². The minimum Gasteiger partial charge on any atom is -0.545 e. The molecule has 0 aliphatic carbocycles. The maximum Gasteiger partial charge on any atom is 0.291 e. The molecule has 11 nitrogen and oxygen atoms in total. The van der Waals surface area contributed by atoms with E-state index in [1.165, 1.54) is 24.3 Å². The second kappa shape index (κ2) is 12.4. The van der Waals surface area contributed by atoms with Gasteiger partial charge in [-0.3, -0.25) is 29.7 Å². The first kappa shape index (κ1) is 26.5. The van der Waals surface area contributed by atoms with Crippen LogP contribution in [0, 0.1) is 20.2 Å². The maximum atomic E-state index is 12.1. The Bertz CT molecular complexity index is 990. The molecule has 0 fully saturated rings. The van der Waals surface area contributed by atoms with Crippen LogP contribution >= 0.6 is 11.9 Å². The Kier molecular flexibility index (Phi) is 10.3. The highest BCUT2D eigenvalue weighted by atomic mass is 32.2. The number of carboxylic acids is 1. The third kappa shape index (κ3) is 8.32. The molecule has 172 valence electrons. The van der Waals surface area contributed by atoms with Crippen LogP contribution in [-0.4, -0.2) is 33.8 Å². The largest absolute Gasteiger partial charge is 0.545 e. The van der Waals surface area contributed by atoms with Crippen molar-refractivity contribution in [1.29, 1.82) is 0 Å². The van der Waals surface area contributed by atoms with E-state index in [-0.39, 0.29) is 16.0 Å². The average molecular weight is 465 g/mol. The van der Waals surface area contributed by atoms with Gasteiger partial charge in [0, 0.05) is 17.2 Å². The van der Waals surface area contributed by atoms with Crippen molar-refractivity contribution >= 4 is 35.2 Å². The van der Waals surface area contributed by atoms with E-state index in [2.05, 4.69) is 37.7 Å². The van der Waals surface area contributed by atoms with Gasteiger partial charge in [-0.15, -0.1) is 0 Å². The third-order valence-corrected chi connectivity index (χ3v) is 4.62. The van der Waals surface area contributed by atoms with E-state index >= 15 is 0 Å². The molecule has 32 heavy (non-hydrogen) atoms. The summed E-state index contributed by atoms with van der Waals surface area (Å²) in [5.74, 6) is -2.35. The molecular weight excluding hydrogens is 440 g/mol. The summed E-state index contributed by atoms with van der Waals surface area (Å²) >= 11 is 0.542. The Morgan fingerprint density at radius 3 is 1.94 bits per heavy atom. The van der Waals surface area contributed by atoms with E-state index in [0.717, 1.165) is 30.3 Å². The lowest BCUT2D eigenvalue weighted by Crippen LogP contribution is -2.92. The topological polar surface area (TPSA) is 172 Å². The van der Waals surface area contributed by atoms with Crippen molar-refractivity contribution in [1.82, 2.24) is 4.72 Å². The molecule has 12 heteroatoms. The maximum absolute atomic E-state index is 12.1. The predicted octanol–water partition coefficient (Wildman–Crippen LogP) is 1.67. The van der Waals surface area contributed by atoms with Crippen LogP contribution < -0.4 is 15.1 Å². The number of carbonyl (C=O) groups is 2. The number of hydrogen-bond acceptors (Lipinski definition) is 8. The quantitative estimate of drug-likeness (QED) is 0.337. The van der Waals surface area contributed by atoms with Crippen LogP contribution in [0.3, 0.4) is 0 Å². The SMILES string of the molecule is CC(C)[NH2+]C(C)C.O=C([O-])c1ccccc1C(=O)NSc1ccc([N+](=O)[O-])cc1[N+](=O)[O-]. The summed E-state index contributed by atoms with van der Waals surface area (Å²) in [6.07, 6.45) is 0. The molecule has 0 heterocycles. The first-order valence-electron chi connectivity index (χ1n) is 9.49. The second-order valence-corrected chi connectivity index (χ2v) is 8.06. The highest BCUT2D eigenvalue weighted by Gasteiger charge is 2.21. The molecule has 0 aliphatic heterocycles. The van der Waals surface area contributed by atoms with Crippen molar-refractivity contribution < 1.29 is 29.9 Å². The number of carbonyl (C=O) groups excluding carboxylic acids is 2. The van der Waals surface area contributed by atoms with Crippen molar-refractivity contribution in [3.63, 3.8) is 0 Å². The smallest absolute Gasteiger partial charge is 0.291 e. The number of amides is 1. The number of carboxylic acid groups (broad SMARTS) is 1. The number of rotatable bonds is 8. The lowest BCUT2D eigenvalue weighted by molar-refractivity contribution is -0.709. The van der Waals surface area contributed by atoms with Gasteiger partial charge in [0.1, 0.15) is 4.90 Å². The Morgan fingerprint density at radius 2 is 1.50 bits per heavy atom. The number of non-ortho nitro benzene ring substituents is 1. The lowest BCUT2D eigenvalue weighted by atomic mass is 10.1. The standard InChI is InChI=1S/C14H9N3O7S.C6H15N/c18-13(9-3-1-2-4-10(9)14(19)20)15-25-12-6-5-8(16(21)22)7-11(12)17(23)24;1-5(2)7-6(3)4/h1-7H,(H,15,18)(H,19,20);5-7H,1-4H3. The molecule has 2 aromatic carbocycles. The second-order valence-electron chi connectivity index (χ2n) is 7.21. The summed E-state index contributed by atoms with van der Waals surface area (Å²) in [5, 5.41) is 35.0. The fourth-order valence-electron chi connectivity index (χ4n) is 2.63. The monoisotopic (exact) mass is 464 g/mol. The molecule has 0 aromatic heterocycles. The van der Waals surface area contributed by atoms with Crippen LogP contribution in [0.25, 0.3) is 0 Å². The molecule has 0 spiro atoms. The first-order valence-corrected chi connectivity index (χ1v) is 10.3. The van der Waals surface area contributed by atoms with Gasteiger partial charge in [0.2, 0.25) is 0 Å². The Hall–Kier alpha value is -3.51. The molecule has 0 unspecified atom stereocenters. The van der Waals surface area contributed by atoms with Crippen LogP contribution in [-0.2, 0) is 0 Å². The molecule has 1 amide bonds. The number of nitrogens with one attached hydrogen (secondary N) is 1. The molecular formula is C20H24N4O7S. The molecule has 0 bridgehead atoms. The molecule has 0 saturated carbocycles. The zero-order valence-electron chi connectivity index (χ0n) is 17.9. The fraction of sp³-hybridized carbons (Fsp3) is 0.300. The van der Waals surface area contributed by atoms with Gasteiger partial charge in [0.25, 0.3) is 17.3 Å². The number of benzene rings is 2. The van der Waals surface area contributed by atoms with Gasteiger partial charge >= 0.3 is 0 Å². The van der Waals surface area contributed by atoms with Gasteiger partial charge in [0.05, 0.1) is 34.0 Å². The van der Waals surface area contributed by atoms with Crippen LogP contribution in [0.15, 0.2) is 47.4 Å². The highest BCUT2D eigenvalue weighted by molar-refractivity contribution is 7.98. The minimum atomic E-state index is -1.54. The van der Waals surface area contributed by atoms with Gasteiger partial charge < -0.3 is 15.2 Å². The van der Waals surface area contributed by atoms with Gasteiger partial charge in [-0.25, -0.2) is 0 Å². The van der Waals surface area contributed by atoms with E-state index in [1.54, 1.807) is 0 Å². The summed E-state index contributed by atoms with van der Waals surface area (Å²) in [6.45, 7) is 8.83. The average Bonchev–Trinajstić information content (AvgIpc) is 2.71. The summed E-state index contributed by atoms with van der Waals surface area (Å²) in [4.78, 5) is 43.2. The minimum absolute atomic E-state index is 0.0464. The van der Waals surface area contributed by atoms with Crippen molar-refractivity contribution in [2.24, 2.45) is 0 Å². The van der Waals surface area contributed by atoms with Crippen molar-refractivity contribution in [3.05, 3.63) is 73.8 Å². The Balaban J connectivity index is 0.000000633.